The number of halogens is 3. The molecule has 0 spiro atoms. The first kappa shape index (κ1) is 19.5. The van der Waals surface area contributed by atoms with Crippen LogP contribution in [0, 0.1) is 0 Å². The van der Waals surface area contributed by atoms with E-state index in [4.69, 9.17) is 5.11 Å². The number of rotatable bonds is 7. The summed E-state index contributed by atoms with van der Waals surface area (Å²) in [6.07, 6.45) is -4.79. The normalized spacial score (nSPS) is 12.4. The number of amides is 1. The molecule has 1 amide bonds. The topological polar surface area (TPSA) is 66.4 Å². The number of hydrogen-bond donors (Lipinski definition) is 2. The van der Waals surface area contributed by atoms with Crippen LogP contribution >= 0.6 is 0 Å². The fraction of sp³-hybridized carbons (Fsp3) is 0.263. The fourth-order valence-corrected chi connectivity index (χ4v) is 2.60. The lowest BCUT2D eigenvalue weighted by Gasteiger charge is -2.18. The van der Waals surface area contributed by atoms with Gasteiger partial charge in [-0.3, -0.25) is 9.59 Å². The zero-order valence-electron chi connectivity index (χ0n) is 13.8. The van der Waals surface area contributed by atoms with Crippen LogP contribution in [0.1, 0.15) is 23.1 Å². The van der Waals surface area contributed by atoms with E-state index in [0.717, 1.165) is 17.7 Å². The molecule has 2 rings (SSSR count). The quantitative estimate of drug-likeness (QED) is 0.790. The van der Waals surface area contributed by atoms with Crippen LogP contribution in [0.5, 0.6) is 0 Å². The van der Waals surface area contributed by atoms with Gasteiger partial charge in [0.25, 0.3) is 0 Å². The molecule has 0 radical (unpaired) electrons. The Morgan fingerprint density at radius 3 is 2.27 bits per heavy atom. The van der Waals surface area contributed by atoms with Gasteiger partial charge in [-0.05, 0) is 23.6 Å². The first-order valence-corrected chi connectivity index (χ1v) is 7.95. The fourth-order valence-electron chi connectivity index (χ4n) is 2.60. The monoisotopic (exact) mass is 365 g/mol. The molecule has 4 nitrogen and oxygen atoms in total. The summed E-state index contributed by atoms with van der Waals surface area (Å²) >= 11 is 0. The van der Waals surface area contributed by atoms with Crippen molar-refractivity contribution >= 4 is 11.9 Å². The smallest absolute Gasteiger partial charge is 0.416 e. The van der Waals surface area contributed by atoms with E-state index in [1.807, 2.05) is 6.07 Å². The van der Waals surface area contributed by atoms with E-state index in [0.29, 0.717) is 5.56 Å². The molecule has 0 saturated heterocycles. The van der Waals surface area contributed by atoms with E-state index < -0.39 is 23.8 Å². The van der Waals surface area contributed by atoms with Crippen LogP contribution in [0.25, 0.3) is 0 Å². The van der Waals surface area contributed by atoms with Crippen LogP contribution in [0.4, 0.5) is 13.2 Å². The van der Waals surface area contributed by atoms with Crippen molar-refractivity contribution in [3.63, 3.8) is 0 Å². The van der Waals surface area contributed by atoms with Gasteiger partial charge in [0.2, 0.25) is 5.91 Å². The third kappa shape index (κ3) is 6.23. The first-order valence-electron chi connectivity index (χ1n) is 7.95. The minimum absolute atomic E-state index is 0.00322. The maximum atomic E-state index is 12.8. The molecule has 0 bridgehead atoms. The molecule has 0 aromatic heterocycles. The molecular weight excluding hydrogens is 347 g/mol. The summed E-state index contributed by atoms with van der Waals surface area (Å²) in [5.41, 5.74) is 0.268. The lowest BCUT2D eigenvalue weighted by molar-refractivity contribution is -0.139. The van der Waals surface area contributed by atoms with Crippen molar-refractivity contribution in [2.75, 3.05) is 0 Å². The van der Waals surface area contributed by atoms with Crippen molar-refractivity contribution < 1.29 is 27.9 Å². The number of nitrogens with one attached hydrogen (secondary N) is 1. The minimum atomic E-state index is -4.48. The predicted octanol–water partition coefficient (Wildman–Crippen LogP) is 3.45. The van der Waals surface area contributed by atoms with Gasteiger partial charge in [-0.2, -0.15) is 13.2 Å². The standard InChI is InChI=1S/C19H18F3NO3/c20-19(21,22)15-8-4-7-14(9-15)10-16(12-18(25)26)23-17(24)11-13-5-2-1-3-6-13/h1-9,16H,10-12H2,(H,23,24)(H,25,26)/t16-/m0/s1. The van der Waals surface area contributed by atoms with E-state index in [1.54, 1.807) is 24.3 Å². The Hall–Kier alpha value is -2.83. The highest BCUT2D eigenvalue weighted by atomic mass is 19.4. The molecule has 0 unspecified atom stereocenters. The molecule has 26 heavy (non-hydrogen) atoms. The molecule has 0 saturated carbocycles. The minimum Gasteiger partial charge on any atom is -0.481 e. The first-order chi connectivity index (χ1) is 12.2. The molecule has 138 valence electrons. The Morgan fingerprint density at radius 1 is 1.00 bits per heavy atom. The van der Waals surface area contributed by atoms with Gasteiger partial charge in [0.05, 0.1) is 18.4 Å². The third-order valence-electron chi connectivity index (χ3n) is 3.73. The number of alkyl halides is 3. The highest BCUT2D eigenvalue weighted by molar-refractivity contribution is 5.79. The van der Waals surface area contributed by atoms with Crippen molar-refractivity contribution in [3.05, 3.63) is 71.3 Å². The summed E-state index contributed by atoms with van der Waals surface area (Å²) in [5, 5.41) is 11.6. The number of carboxylic acids is 1. The van der Waals surface area contributed by atoms with Crippen molar-refractivity contribution in [1.82, 2.24) is 5.32 Å². The number of carboxylic acid groups (broad SMARTS) is 1. The summed E-state index contributed by atoms with van der Waals surface area (Å²) in [4.78, 5) is 23.2. The molecule has 2 aromatic carbocycles. The number of carbonyl (C=O) groups excluding carboxylic acids is 1. The number of aliphatic carboxylic acids is 1. The summed E-state index contributed by atoms with van der Waals surface area (Å²) < 4.78 is 38.4. The van der Waals surface area contributed by atoms with Gasteiger partial charge in [-0.15, -0.1) is 0 Å². The average Bonchev–Trinajstić information content (AvgIpc) is 2.54. The van der Waals surface area contributed by atoms with Gasteiger partial charge in [-0.1, -0.05) is 48.5 Å². The van der Waals surface area contributed by atoms with Crippen molar-refractivity contribution in [3.8, 4) is 0 Å². The average molecular weight is 365 g/mol. The molecular formula is C19H18F3NO3. The van der Waals surface area contributed by atoms with Crippen LogP contribution in [-0.4, -0.2) is 23.0 Å². The SMILES string of the molecule is O=C(O)C[C@H](Cc1cccc(C(F)(F)F)c1)NC(=O)Cc1ccccc1. The van der Waals surface area contributed by atoms with Crippen molar-refractivity contribution in [1.29, 1.82) is 0 Å². The highest BCUT2D eigenvalue weighted by Gasteiger charge is 2.30. The molecule has 0 heterocycles. The Morgan fingerprint density at radius 2 is 1.65 bits per heavy atom. The van der Waals surface area contributed by atoms with Crippen LogP contribution in [0.3, 0.4) is 0 Å². The van der Waals surface area contributed by atoms with Gasteiger partial charge < -0.3 is 10.4 Å². The van der Waals surface area contributed by atoms with E-state index in [-0.39, 0.29) is 25.2 Å². The van der Waals surface area contributed by atoms with E-state index in [1.165, 1.54) is 12.1 Å². The molecule has 7 heteroatoms. The van der Waals surface area contributed by atoms with E-state index >= 15 is 0 Å². The molecule has 0 aliphatic rings. The Bertz CT molecular complexity index is 760. The summed E-state index contributed by atoms with van der Waals surface area (Å²) in [6.45, 7) is 0. The highest BCUT2D eigenvalue weighted by Crippen LogP contribution is 2.29. The molecule has 0 fully saturated rings. The molecule has 2 aromatic rings. The van der Waals surface area contributed by atoms with E-state index in [9.17, 15) is 22.8 Å². The van der Waals surface area contributed by atoms with Gasteiger partial charge in [-0.25, -0.2) is 0 Å². The lowest BCUT2D eigenvalue weighted by atomic mass is 10.0. The summed E-state index contributed by atoms with van der Waals surface area (Å²) in [5.74, 6) is -1.52. The second kappa shape index (κ2) is 8.51. The van der Waals surface area contributed by atoms with Gasteiger partial charge in [0.1, 0.15) is 0 Å². The zero-order valence-corrected chi connectivity index (χ0v) is 13.8. The lowest BCUT2D eigenvalue weighted by Crippen LogP contribution is -2.39. The van der Waals surface area contributed by atoms with Crippen molar-refractivity contribution in [2.24, 2.45) is 0 Å². The van der Waals surface area contributed by atoms with Crippen LogP contribution in [-0.2, 0) is 28.6 Å². The van der Waals surface area contributed by atoms with Gasteiger partial charge in [0, 0.05) is 6.04 Å². The number of hydrogen-bond acceptors (Lipinski definition) is 2. The summed E-state index contributed by atoms with van der Waals surface area (Å²) in [6, 6.07) is 12.8. The second-order valence-electron chi connectivity index (χ2n) is 5.93. The Balaban J connectivity index is 2.07. The zero-order chi connectivity index (χ0) is 19.2. The molecule has 0 aliphatic heterocycles. The Labute approximate surface area is 148 Å². The van der Waals surface area contributed by atoms with Gasteiger partial charge >= 0.3 is 12.1 Å². The van der Waals surface area contributed by atoms with Crippen LogP contribution in [0.2, 0.25) is 0 Å². The van der Waals surface area contributed by atoms with Crippen LogP contribution in [0.15, 0.2) is 54.6 Å². The number of benzene rings is 2. The Kier molecular flexibility index (Phi) is 6.38. The predicted molar refractivity (Wildman–Crippen MR) is 89.5 cm³/mol. The largest absolute Gasteiger partial charge is 0.481 e. The molecule has 0 aliphatic carbocycles. The second-order valence-corrected chi connectivity index (χ2v) is 5.93. The van der Waals surface area contributed by atoms with Crippen molar-refractivity contribution in [2.45, 2.75) is 31.5 Å². The molecule has 1 atom stereocenters. The maximum absolute atomic E-state index is 12.8. The maximum Gasteiger partial charge on any atom is 0.416 e. The van der Waals surface area contributed by atoms with E-state index in [2.05, 4.69) is 5.32 Å². The molecule has 2 N–H and O–H groups in total. The number of carbonyl (C=O) groups is 2. The third-order valence-corrected chi connectivity index (χ3v) is 3.73. The van der Waals surface area contributed by atoms with Gasteiger partial charge in [0.15, 0.2) is 0 Å². The van der Waals surface area contributed by atoms with Crippen LogP contribution < -0.4 is 5.32 Å². The summed E-state index contributed by atoms with van der Waals surface area (Å²) in [7, 11) is 0.